The number of hydrogen-bond donors (Lipinski definition) is 1. The van der Waals surface area contributed by atoms with Gasteiger partial charge in [-0.2, -0.15) is 13.2 Å². The molecule has 1 N–H and O–H groups in total. The van der Waals surface area contributed by atoms with Crippen LogP contribution in [0.4, 0.5) is 23.7 Å². The van der Waals surface area contributed by atoms with Gasteiger partial charge in [-0.25, -0.2) is 14.8 Å². The highest BCUT2D eigenvalue weighted by molar-refractivity contribution is 7.18. The Morgan fingerprint density at radius 1 is 1.17 bits per heavy atom. The molecule has 218 valence electrons. The number of benzene rings is 1. The lowest BCUT2D eigenvalue weighted by Crippen LogP contribution is -2.47. The summed E-state index contributed by atoms with van der Waals surface area (Å²) in [7, 11) is 0. The van der Waals surface area contributed by atoms with Gasteiger partial charge in [-0.05, 0) is 80.9 Å². The van der Waals surface area contributed by atoms with E-state index in [4.69, 9.17) is 16.6 Å². The highest BCUT2D eigenvalue weighted by Gasteiger charge is 2.48. The minimum Gasteiger partial charge on any atom is -0.334 e. The van der Waals surface area contributed by atoms with E-state index in [-0.39, 0.29) is 11.4 Å². The summed E-state index contributed by atoms with van der Waals surface area (Å²) in [6, 6.07) is 9.91. The van der Waals surface area contributed by atoms with Gasteiger partial charge in [-0.15, -0.1) is 11.3 Å². The normalized spacial score (nSPS) is 16.9. The number of amides is 2. The lowest BCUT2D eigenvalue weighted by molar-refractivity contribution is -0.137. The molecule has 1 saturated heterocycles. The highest BCUT2D eigenvalue weighted by atomic mass is 35.5. The number of thiazole rings is 1. The molecule has 0 atom stereocenters. The molecule has 0 aliphatic carbocycles. The fourth-order valence-electron chi connectivity index (χ4n) is 5.88. The third kappa shape index (κ3) is 5.73. The van der Waals surface area contributed by atoms with E-state index in [2.05, 4.69) is 26.3 Å². The van der Waals surface area contributed by atoms with Crippen molar-refractivity contribution in [1.82, 2.24) is 25.2 Å². The van der Waals surface area contributed by atoms with Crippen molar-refractivity contribution in [2.75, 3.05) is 31.1 Å². The zero-order valence-electron chi connectivity index (χ0n) is 22.8. The van der Waals surface area contributed by atoms with E-state index in [1.54, 1.807) is 29.7 Å². The average Bonchev–Trinajstić information content (AvgIpc) is 3.50. The third-order valence-corrected chi connectivity index (χ3v) is 9.13. The van der Waals surface area contributed by atoms with Crippen molar-refractivity contribution in [3.8, 4) is 0 Å². The number of rotatable bonds is 5. The topological polar surface area (TPSA) is 74.2 Å². The number of likely N-dealkylation sites (tertiary alicyclic amines) is 1. The summed E-state index contributed by atoms with van der Waals surface area (Å²) in [5.74, 6) is 0. The summed E-state index contributed by atoms with van der Waals surface area (Å²) in [6.45, 7) is 5.20. The van der Waals surface area contributed by atoms with Crippen LogP contribution in [0.25, 0.3) is 16.3 Å². The second kappa shape index (κ2) is 11.3. The summed E-state index contributed by atoms with van der Waals surface area (Å²) >= 11 is 7.67. The Labute approximate surface area is 250 Å². The number of alkyl halides is 3. The van der Waals surface area contributed by atoms with Crippen molar-refractivity contribution < 1.29 is 18.0 Å². The fourth-order valence-corrected chi connectivity index (χ4v) is 6.91. The van der Waals surface area contributed by atoms with Gasteiger partial charge in [-0.3, -0.25) is 14.8 Å². The first-order chi connectivity index (χ1) is 20.1. The minimum absolute atomic E-state index is 0.165. The molecule has 0 saturated carbocycles. The van der Waals surface area contributed by atoms with E-state index >= 15 is 0 Å². The van der Waals surface area contributed by atoms with Crippen molar-refractivity contribution in [3.63, 3.8) is 0 Å². The van der Waals surface area contributed by atoms with Crippen LogP contribution in [0.1, 0.15) is 40.2 Å². The van der Waals surface area contributed by atoms with Crippen LogP contribution in [0.5, 0.6) is 0 Å². The van der Waals surface area contributed by atoms with E-state index in [0.29, 0.717) is 30.5 Å². The average molecular weight is 613 g/mol. The second-order valence-electron chi connectivity index (χ2n) is 10.7. The van der Waals surface area contributed by atoms with Crippen molar-refractivity contribution in [1.29, 1.82) is 0 Å². The highest BCUT2D eigenvalue weighted by Crippen LogP contribution is 2.50. The Balaban J connectivity index is 1.17. The molecule has 2 aliphatic heterocycles. The van der Waals surface area contributed by atoms with Gasteiger partial charge in [0.05, 0.1) is 32.2 Å². The maximum absolute atomic E-state index is 13.5. The van der Waals surface area contributed by atoms with E-state index in [1.165, 1.54) is 6.07 Å². The van der Waals surface area contributed by atoms with Crippen molar-refractivity contribution in [2.45, 2.75) is 37.9 Å². The molecule has 4 aromatic rings. The SMILES string of the molecule is Cc1nc2c3c(ccc2s1)N(C(=O)NCc1ccnc(Cl)c1)CC31CCN(C/C=C/c2ccc(C(F)(F)F)cn2)CC1. The van der Waals surface area contributed by atoms with Crippen molar-refractivity contribution >= 4 is 50.9 Å². The summed E-state index contributed by atoms with van der Waals surface area (Å²) in [5, 5.41) is 4.41. The molecule has 0 radical (unpaired) electrons. The monoisotopic (exact) mass is 612 g/mol. The van der Waals surface area contributed by atoms with Gasteiger partial charge >= 0.3 is 12.2 Å². The van der Waals surface area contributed by atoms with Crippen LogP contribution < -0.4 is 10.2 Å². The quantitative estimate of drug-likeness (QED) is 0.250. The van der Waals surface area contributed by atoms with E-state index < -0.39 is 11.7 Å². The van der Waals surface area contributed by atoms with Gasteiger partial charge in [0.2, 0.25) is 0 Å². The number of nitrogens with zero attached hydrogens (tertiary/aromatic N) is 5. The number of carbonyl (C=O) groups excluding carboxylic acids is 1. The first-order valence-electron chi connectivity index (χ1n) is 13.6. The Morgan fingerprint density at radius 2 is 1.98 bits per heavy atom. The van der Waals surface area contributed by atoms with Crippen LogP contribution in [0.3, 0.4) is 0 Å². The molecule has 5 heterocycles. The third-order valence-electron chi connectivity index (χ3n) is 7.99. The van der Waals surface area contributed by atoms with Gasteiger partial charge in [0.1, 0.15) is 5.15 Å². The first kappa shape index (κ1) is 28.6. The molecule has 2 aliphatic rings. The standard InChI is InChI=1S/C30H28ClF3N6OS/c1-19-38-27-24(42-19)7-6-23-26(27)29(18-40(23)28(41)37-16-20-8-11-35-25(31)15-20)9-13-39(14-10-29)12-2-3-22-5-4-21(17-36-22)30(32,33)34/h2-8,11,15,17H,9-10,12-14,16,18H2,1H3,(H,37,41)/b3-2+. The predicted octanol–water partition coefficient (Wildman–Crippen LogP) is 6.84. The number of anilines is 1. The molecule has 1 fully saturated rings. The molecule has 0 bridgehead atoms. The van der Waals surface area contributed by atoms with Gasteiger partial charge in [0.25, 0.3) is 0 Å². The Hall–Kier alpha value is -3.54. The Bertz CT molecular complexity index is 1650. The predicted molar refractivity (Wildman–Crippen MR) is 159 cm³/mol. The molecule has 2 amide bonds. The second-order valence-corrected chi connectivity index (χ2v) is 12.3. The van der Waals surface area contributed by atoms with Crippen LogP contribution in [0, 0.1) is 6.92 Å². The smallest absolute Gasteiger partial charge is 0.334 e. The zero-order valence-corrected chi connectivity index (χ0v) is 24.4. The van der Waals surface area contributed by atoms with Crippen LogP contribution in [0.2, 0.25) is 5.15 Å². The van der Waals surface area contributed by atoms with Gasteiger partial charge in [0.15, 0.2) is 0 Å². The van der Waals surface area contributed by atoms with Crippen LogP contribution >= 0.6 is 22.9 Å². The number of carbonyl (C=O) groups is 1. The Morgan fingerprint density at radius 3 is 2.69 bits per heavy atom. The van der Waals surface area contributed by atoms with Crippen molar-refractivity contribution in [2.24, 2.45) is 0 Å². The summed E-state index contributed by atoms with van der Waals surface area (Å²) < 4.78 is 39.6. The molecule has 12 heteroatoms. The number of urea groups is 1. The number of nitrogens with one attached hydrogen (secondary N) is 1. The number of halogens is 4. The molecule has 3 aromatic heterocycles. The zero-order chi connectivity index (χ0) is 29.5. The number of fused-ring (bicyclic) bond motifs is 4. The first-order valence-corrected chi connectivity index (χ1v) is 14.8. The van der Waals surface area contributed by atoms with Gasteiger partial charge in [-0.1, -0.05) is 17.7 Å². The minimum atomic E-state index is -4.40. The maximum Gasteiger partial charge on any atom is 0.417 e. The largest absolute Gasteiger partial charge is 0.417 e. The molecule has 42 heavy (non-hydrogen) atoms. The lowest BCUT2D eigenvalue weighted by Gasteiger charge is -2.39. The molecular weight excluding hydrogens is 585 g/mol. The van der Waals surface area contributed by atoms with E-state index in [1.807, 2.05) is 30.0 Å². The van der Waals surface area contributed by atoms with E-state index in [9.17, 15) is 18.0 Å². The van der Waals surface area contributed by atoms with Crippen LogP contribution in [-0.4, -0.2) is 52.1 Å². The van der Waals surface area contributed by atoms with Gasteiger partial charge < -0.3 is 5.32 Å². The molecular formula is C30H28ClF3N6OS. The fraction of sp³-hybridized carbons (Fsp3) is 0.333. The summed E-state index contributed by atoms with van der Waals surface area (Å²) in [6.07, 6.45) is 3.47. The molecule has 0 unspecified atom stereocenters. The molecule has 7 nitrogen and oxygen atoms in total. The number of aromatic nitrogens is 3. The number of piperidine rings is 1. The summed E-state index contributed by atoms with van der Waals surface area (Å²) in [4.78, 5) is 30.5. The number of hydrogen-bond acceptors (Lipinski definition) is 6. The van der Waals surface area contributed by atoms with Crippen LogP contribution in [-0.2, 0) is 18.1 Å². The molecule has 6 rings (SSSR count). The number of pyridine rings is 2. The number of aryl methyl sites for hydroxylation is 1. The van der Waals surface area contributed by atoms with Crippen LogP contribution in [0.15, 0.2) is 54.9 Å². The maximum atomic E-state index is 13.5. The lowest BCUT2D eigenvalue weighted by atomic mass is 9.74. The van der Waals surface area contributed by atoms with Gasteiger partial charge in [0, 0.05) is 43.0 Å². The Kier molecular flexibility index (Phi) is 7.67. The van der Waals surface area contributed by atoms with Crippen molar-refractivity contribution in [3.05, 3.63) is 87.4 Å². The molecule has 1 aromatic carbocycles. The summed E-state index contributed by atoms with van der Waals surface area (Å²) in [5.41, 5.74) is 3.41. The van der Waals surface area contributed by atoms with E-state index in [0.717, 1.165) is 70.2 Å². The molecule has 1 spiro atoms.